The van der Waals surface area contributed by atoms with E-state index in [1.165, 1.54) is 0 Å². The highest BCUT2D eigenvalue weighted by Crippen LogP contribution is 2.35. The Hall–Kier alpha value is -0.810. The Balaban J connectivity index is 3.04. The van der Waals surface area contributed by atoms with E-state index in [2.05, 4.69) is 4.74 Å². The zero-order chi connectivity index (χ0) is 10.9. The number of hydrogen-bond acceptors (Lipinski definition) is 2. The molecule has 0 saturated heterocycles. The van der Waals surface area contributed by atoms with Crippen LogP contribution in [0, 0.1) is 0 Å². The van der Waals surface area contributed by atoms with Gasteiger partial charge in [0.1, 0.15) is 0 Å². The maximum absolute atomic E-state index is 11.8. The lowest BCUT2D eigenvalue weighted by Crippen LogP contribution is -2.18. The van der Waals surface area contributed by atoms with E-state index in [1.54, 1.807) is 0 Å². The lowest BCUT2D eigenvalue weighted by Gasteiger charge is -2.11. The van der Waals surface area contributed by atoms with Crippen LogP contribution < -0.4 is 10.5 Å². The predicted molar refractivity (Wildman–Crippen MR) is 47.6 cm³/mol. The van der Waals surface area contributed by atoms with Crippen LogP contribution in [0.25, 0.3) is 0 Å². The molecule has 0 atom stereocenters. The summed E-state index contributed by atoms with van der Waals surface area (Å²) in [5.74, 6) is -0.563. The van der Waals surface area contributed by atoms with Crippen molar-refractivity contribution in [3.05, 3.63) is 22.2 Å². The molecule has 1 rings (SSSR count). The van der Waals surface area contributed by atoms with E-state index in [0.29, 0.717) is 0 Å². The van der Waals surface area contributed by atoms with E-state index >= 15 is 0 Å². The highest BCUT2D eigenvalue weighted by Gasteiger charge is 2.32. The molecule has 7 heteroatoms. The number of nitrogen functional groups attached to an aromatic ring is 1. The zero-order valence-electron chi connectivity index (χ0n) is 6.53. The van der Waals surface area contributed by atoms with Gasteiger partial charge in [-0.2, -0.15) is 0 Å². The average Bonchev–Trinajstić information content (AvgIpc) is 1.97. The first-order valence-electron chi connectivity index (χ1n) is 3.30. The van der Waals surface area contributed by atoms with Gasteiger partial charge in [0.05, 0.1) is 15.7 Å². The van der Waals surface area contributed by atoms with Crippen molar-refractivity contribution in [2.24, 2.45) is 0 Å². The summed E-state index contributed by atoms with van der Waals surface area (Å²) in [5.41, 5.74) is 5.00. The van der Waals surface area contributed by atoms with Crippen LogP contribution >= 0.6 is 23.2 Å². The number of ether oxygens (including phenoxy) is 1. The normalized spacial score (nSPS) is 11.5. The van der Waals surface area contributed by atoms with Crippen molar-refractivity contribution in [2.45, 2.75) is 6.36 Å². The second-order valence-electron chi connectivity index (χ2n) is 2.35. The number of anilines is 1. The number of hydrogen-bond donors (Lipinski definition) is 1. The molecule has 0 aliphatic carbocycles. The summed E-state index contributed by atoms with van der Waals surface area (Å²) in [5, 5.41) is 0.0128. The molecular formula is C7H4Cl2F3NO. The lowest BCUT2D eigenvalue weighted by atomic mass is 10.3. The summed E-state index contributed by atoms with van der Waals surface area (Å²) in [6.45, 7) is 0. The van der Waals surface area contributed by atoms with Crippen molar-refractivity contribution in [1.29, 1.82) is 0 Å². The van der Waals surface area contributed by atoms with Crippen LogP contribution in [0.5, 0.6) is 5.75 Å². The highest BCUT2D eigenvalue weighted by atomic mass is 35.5. The van der Waals surface area contributed by atoms with Crippen molar-refractivity contribution in [3.63, 3.8) is 0 Å². The topological polar surface area (TPSA) is 35.2 Å². The van der Waals surface area contributed by atoms with Gasteiger partial charge in [-0.25, -0.2) is 0 Å². The van der Waals surface area contributed by atoms with Crippen LogP contribution in [0.4, 0.5) is 18.9 Å². The van der Waals surface area contributed by atoms with E-state index in [4.69, 9.17) is 28.9 Å². The van der Waals surface area contributed by atoms with Crippen LogP contribution in [0.1, 0.15) is 0 Å². The Morgan fingerprint density at radius 1 is 1.14 bits per heavy atom. The monoisotopic (exact) mass is 245 g/mol. The molecule has 0 saturated carbocycles. The molecule has 78 valence electrons. The van der Waals surface area contributed by atoms with Gasteiger partial charge in [0.25, 0.3) is 0 Å². The molecule has 2 nitrogen and oxygen atoms in total. The standard InChI is InChI=1S/C7H4Cl2F3NO/c8-3-1-5(13)6(2-4(3)9)14-7(10,11)12/h1-2H,13H2. The first-order valence-corrected chi connectivity index (χ1v) is 4.05. The Bertz CT molecular complexity index is 354. The van der Waals surface area contributed by atoms with E-state index in [9.17, 15) is 13.2 Å². The van der Waals surface area contributed by atoms with Crippen LogP contribution in [0.3, 0.4) is 0 Å². The van der Waals surface area contributed by atoms with E-state index < -0.39 is 12.1 Å². The average molecular weight is 246 g/mol. The Morgan fingerprint density at radius 2 is 1.64 bits per heavy atom. The molecule has 0 aliphatic rings. The third-order valence-corrected chi connectivity index (χ3v) is 2.00. The minimum absolute atomic E-state index is 0.0554. The molecule has 0 spiro atoms. The predicted octanol–water partition coefficient (Wildman–Crippen LogP) is 3.47. The molecule has 1 aromatic rings. The Labute approximate surface area is 87.4 Å². The van der Waals surface area contributed by atoms with Gasteiger partial charge >= 0.3 is 6.36 Å². The summed E-state index contributed by atoms with van der Waals surface area (Å²) in [7, 11) is 0. The molecule has 0 bridgehead atoms. The summed E-state index contributed by atoms with van der Waals surface area (Å²) < 4.78 is 39.0. The smallest absolute Gasteiger partial charge is 0.404 e. The summed E-state index contributed by atoms with van der Waals surface area (Å²) in [6.07, 6.45) is -4.80. The van der Waals surface area contributed by atoms with Gasteiger partial charge in [-0.3, -0.25) is 0 Å². The second-order valence-corrected chi connectivity index (χ2v) is 3.17. The maximum Gasteiger partial charge on any atom is 0.573 e. The van der Waals surface area contributed by atoms with Gasteiger partial charge in [0, 0.05) is 6.07 Å². The second kappa shape index (κ2) is 3.74. The van der Waals surface area contributed by atoms with Crippen molar-refractivity contribution in [1.82, 2.24) is 0 Å². The van der Waals surface area contributed by atoms with Crippen molar-refractivity contribution in [3.8, 4) is 5.75 Å². The third-order valence-electron chi connectivity index (χ3n) is 1.28. The molecule has 0 fully saturated rings. The maximum atomic E-state index is 11.8. The fraction of sp³-hybridized carbons (Fsp3) is 0.143. The number of nitrogens with two attached hydrogens (primary N) is 1. The minimum Gasteiger partial charge on any atom is -0.404 e. The molecule has 0 aromatic heterocycles. The molecule has 2 N–H and O–H groups in total. The minimum atomic E-state index is -4.80. The molecule has 0 aliphatic heterocycles. The molecule has 14 heavy (non-hydrogen) atoms. The number of halogens is 5. The van der Waals surface area contributed by atoms with Gasteiger partial charge in [-0.1, -0.05) is 23.2 Å². The van der Waals surface area contributed by atoms with Gasteiger partial charge in [-0.15, -0.1) is 13.2 Å². The molecule has 1 aromatic carbocycles. The molecular weight excluding hydrogens is 242 g/mol. The van der Waals surface area contributed by atoms with Crippen LogP contribution in [-0.2, 0) is 0 Å². The third kappa shape index (κ3) is 2.85. The van der Waals surface area contributed by atoms with Crippen molar-refractivity contribution >= 4 is 28.9 Å². The van der Waals surface area contributed by atoms with Crippen LogP contribution in [0.15, 0.2) is 12.1 Å². The van der Waals surface area contributed by atoms with Crippen molar-refractivity contribution < 1.29 is 17.9 Å². The Morgan fingerprint density at radius 3 is 2.14 bits per heavy atom. The quantitative estimate of drug-likeness (QED) is 0.770. The van der Waals surface area contributed by atoms with Gasteiger partial charge in [0.2, 0.25) is 0 Å². The van der Waals surface area contributed by atoms with Crippen LogP contribution in [0.2, 0.25) is 10.0 Å². The van der Waals surface area contributed by atoms with E-state index in [1.807, 2.05) is 0 Å². The zero-order valence-corrected chi connectivity index (χ0v) is 8.04. The SMILES string of the molecule is Nc1cc(Cl)c(Cl)cc1OC(F)(F)F. The lowest BCUT2D eigenvalue weighted by molar-refractivity contribution is -0.274. The van der Waals surface area contributed by atoms with Crippen LogP contribution in [-0.4, -0.2) is 6.36 Å². The summed E-state index contributed by atoms with van der Waals surface area (Å²) >= 11 is 11.0. The van der Waals surface area contributed by atoms with E-state index in [0.717, 1.165) is 12.1 Å². The number of rotatable bonds is 1. The summed E-state index contributed by atoms with van der Waals surface area (Å²) in [4.78, 5) is 0. The fourth-order valence-corrected chi connectivity index (χ4v) is 1.08. The molecule has 0 heterocycles. The number of alkyl halides is 3. The largest absolute Gasteiger partial charge is 0.573 e. The van der Waals surface area contributed by atoms with Gasteiger partial charge in [-0.05, 0) is 6.07 Å². The highest BCUT2D eigenvalue weighted by molar-refractivity contribution is 6.42. The first-order chi connectivity index (χ1) is 6.29. The van der Waals surface area contributed by atoms with Gasteiger partial charge < -0.3 is 10.5 Å². The molecule has 0 radical (unpaired) electrons. The summed E-state index contributed by atoms with van der Waals surface area (Å²) in [6, 6.07) is 2.00. The van der Waals surface area contributed by atoms with Gasteiger partial charge in [0.15, 0.2) is 5.75 Å². The van der Waals surface area contributed by atoms with Crippen molar-refractivity contribution in [2.75, 3.05) is 5.73 Å². The number of benzene rings is 1. The Kier molecular flexibility index (Phi) is 3.01. The molecule has 0 unspecified atom stereocenters. The van der Waals surface area contributed by atoms with E-state index in [-0.39, 0.29) is 15.7 Å². The molecule has 0 amide bonds. The fourth-order valence-electron chi connectivity index (χ4n) is 0.757. The first kappa shape index (κ1) is 11.3.